The van der Waals surface area contributed by atoms with Gasteiger partial charge in [-0.05, 0) is 36.3 Å². The normalized spacial score (nSPS) is 24.3. The summed E-state index contributed by atoms with van der Waals surface area (Å²) in [6.07, 6.45) is 5.31. The molecule has 34 heavy (non-hydrogen) atoms. The van der Waals surface area contributed by atoms with Crippen molar-refractivity contribution >= 4 is 21.3 Å². The molecule has 0 bridgehead atoms. The largest absolute Gasteiger partial charge is 0.489 e. The van der Waals surface area contributed by atoms with E-state index in [0.717, 1.165) is 50.4 Å². The third-order valence-electron chi connectivity index (χ3n) is 7.15. The monoisotopic (exact) mass is 468 g/mol. The van der Waals surface area contributed by atoms with E-state index in [1.54, 1.807) is 0 Å². The zero-order valence-electron chi connectivity index (χ0n) is 18.7. The highest BCUT2D eigenvalue weighted by atomic mass is 28.1. The molecule has 1 fully saturated rings. The van der Waals surface area contributed by atoms with Gasteiger partial charge in [0.15, 0.2) is 0 Å². The van der Waals surface area contributed by atoms with Crippen LogP contribution in [0.2, 0.25) is 0 Å². The van der Waals surface area contributed by atoms with Gasteiger partial charge in [-0.1, -0.05) is 29.5 Å². The number of carbonyl (C=O) groups excluding carboxylic acids is 1. The van der Waals surface area contributed by atoms with Gasteiger partial charge in [-0.2, -0.15) is 0 Å². The average Bonchev–Trinajstić information content (AvgIpc) is 3.16. The minimum atomic E-state index is 0.0404. The Morgan fingerprint density at radius 3 is 2.94 bits per heavy atom. The van der Waals surface area contributed by atoms with Crippen LogP contribution in [0.25, 0.3) is 11.3 Å². The predicted molar refractivity (Wildman–Crippen MR) is 131 cm³/mol. The molecule has 8 heteroatoms. The van der Waals surface area contributed by atoms with Crippen LogP contribution in [0.4, 0.5) is 0 Å². The number of nitrogens with one attached hydrogen (secondary N) is 3. The fourth-order valence-electron chi connectivity index (χ4n) is 5.37. The molecule has 1 saturated carbocycles. The molecular formula is C26H24N4O3Si. The van der Waals surface area contributed by atoms with Gasteiger partial charge in [0, 0.05) is 46.5 Å². The molecule has 170 valence electrons. The van der Waals surface area contributed by atoms with Crippen molar-refractivity contribution < 1.29 is 14.3 Å². The van der Waals surface area contributed by atoms with Crippen LogP contribution in [-0.2, 0) is 4.79 Å². The number of benzene rings is 2. The number of allylic oxidation sites excluding steroid dienone is 1. The zero-order chi connectivity index (χ0) is 22.8. The SMILES string of the molecule is O=C1CCC2=C(NCC=C2Oc2ccc3c(c2)C2C(O3)C2c2nc(-c3ccccc3[SiH3])c[nH]2)N1. The molecule has 4 aliphatic rings. The fourth-order valence-corrected chi connectivity index (χ4v) is 5.99. The Morgan fingerprint density at radius 1 is 1.12 bits per heavy atom. The predicted octanol–water partition coefficient (Wildman–Crippen LogP) is 1.70. The maximum atomic E-state index is 11.7. The highest BCUT2D eigenvalue weighted by Gasteiger charge is 2.61. The van der Waals surface area contributed by atoms with Crippen molar-refractivity contribution in [2.75, 3.05) is 6.54 Å². The number of hydrogen-bond donors (Lipinski definition) is 3. The van der Waals surface area contributed by atoms with E-state index in [4.69, 9.17) is 14.5 Å². The Labute approximate surface area is 199 Å². The Balaban J connectivity index is 1.12. The first-order valence-corrected chi connectivity index (χ1v) is 12.7. The minimum absolute atomic E-state index is 0.0404. The number of ether oxygens (including phenoxy) is 2. The van der Waals surface area contributed by atoms with Crippen molar-refractivity contribution in [1.29, 1.82) is 0 Å². The summed E-state index contributed by atoms with van der Waals surface area (Å²) in [6, 6.07) is 14.5. The third kappa shape index (κ3) is 3.09. The topological polar surface area (TPSA) is 88.3 Å². The summed E-state index contributed by atoms with van der Waals surface area (Å²) in [6.45, 7) is 0.624. The number of dihydropyridines is 1. The van der Waals surface area contributed by atoms with Crippen molar-refractivity contribution in [1.82, 2.24) is 20.6 Å². The minimum Gasteiger partial charge on any atom is -0.489 e. The first-order chi connectivity index (χ1) is 16.7. The van der Waals surface area contributed by atoms with E-state index in [1.165, 1.54) is 16.3 Å². The summed E-state index contributed by atoms with van der Waals surface area (Å²) in [4.78, 5) is 20.1. The van der Waals surface area contributed by atoms with Crippen molar-refractivity contribution in [2.45, 2.75) is 30.8 Å². The van der Waals surface area contributed by atoms with Crippen LogP contribution in [0.15, 0.2) is 71.9 Å². The van der Waals surface area contributed by atoms with Gasteiger partial charge in [-0.25, -0.2) is 4.98 Å². The van der Waals surface area contributed by atoms with E-state index in [0.29, 0.717) is 19.4 Å². The highest BCUT2D eigenvalue weighted by molar-refractivity contribution is 6.35. The summed E-state index contributed by atoms with van der Waals surface area (Å²) in [5, 5.41) is 7.49. The van der Waals surface area contributed by atoms with Gasteiger partial charge in [0.2, 0.25) is 5.91 Å². The maximum Gasteiger partial charge on any atom is 0.225 e. The van der Waals surface area contributed by atoms with Crippen molar-refractivity contribution in [3.8, 4) is 22.8 Å². The number of hydrogen-bond acceptors (Lipinski definition) is 5. The Morgan fingerprint density at radius 2 is 2.03 bits per heavy atom. The van der Waals surface area contributed by atoms with Gasteiger partial charge in [0.05, 0.1) is 11.6 Å². The van der Waals surface area contributed by atoms with Crippen LogP contribution in [0.1, 0.15) is 36.1 Å². The summed E-state index contributed by atoms with van der Waals surface area (Å²) < 4.78 is 12.5. The molecule has 1 aliphatic carbocycles. The lowest BCUT2D eigenvalue weighted by atomic mass is 10.0. The maximum absolute atomic E-state index is 11.7. The van der Waals surface area contributed by atoms with E-state index in [9.17, 15) is 4.79 Å². The average molecular weight is 469 g/mol. The molecule has 7 rings (SSSR count). The number of imidazole rings is 1. The van der Waals surface area contributed by atoms with E-state index in [2.05, 4.69) is 45.9 Å². The van der Waals surface area contributed by atoms with E-state index >= 15 is 0 Å². The number of rotatable bonds is 4. The van der Waals surface area contributed by atoms with Crippen LogP contribution < -0.4 is 25.3 Å². The molecular weight excluding hydrogens is 444 g/mol. The lowest BCUT2D eigenvalue weighted by Gasteiger charge is -2.27. The molecule has 1 aromatic heterocycles. The second-order valence-corrected chi connectivity index (χ2v) is 10.3. The second kappa shape index (κ2) is 7.36. The Hall–Kier alpha value is -3.78. The Bertz CT molecular complexity index is 1410. The number of carbonyl (C=O) groups is 1. The van der Waals surface area contributed by atoms with Crippen molar-refractivity contribution in [3.63, 3.8) is 0 Å². The lowest BCUT2D eigenvalue weighted by Crippen LogP contribution is -2.39. The van der Waals surface area contributed by atoms with E-state index < -0.39 is 0 Å². The van der Waals surface area contributed by atoms with Gasteiger partial charge in [0.1, 0.15) is 35.0 Å². The molecule has 3 unspecified atom stereocenters. The first-order valence-electron chi connectivity index (χ1n) is 11.7. The third-order valence-corrected chi connectivity index (χ3v) is 8.02. The molecule has 4 heterocycles. The second-order valence-electron chi connectivity index (χ2n) is 9.27. The summed E-state index contributed by atoms with van der Waals surface area (Å²) in [7, 11) is 0.989. The van der Waals surface area contributed by atoms with Gasteiger partial charge in [-0.3, -0.25) is 4.79 Å². The summed E-state index contributed by atoms with van der Waals surface area (Å²) in [5.41, 5.74) is 4.41. The molecule has 0 spiro atoms. The fraction of sp³-hybridized carbons (Fsp3) is 0.231. The highest BCUT2D eigenvalue weighted by Crippen LogP contribution is 2.63. The number of fused-ring (bicyclic) bond motifs is 3. The first kappa shape index (κ1) is 19.7. The number of H-pyrrole nitrogens is 1. The van der Waals surface area contributed by atoms with E-state index in [1.807, 2.05) is 24.4 Å². The van der Waals surface area contributed by atoms with Gasteiger partial charge in [-0.15, -0.1) is 0 Å². The van der Waals surface area contributed by atoms with Gasteiger partial charge >= 0.3 is 0 Å². The van der Waals surface area contributed by atoms with Crippen LogP contribution in [-0.4, -0.2) is 38.8 Å². The summed E-state index contributed by atoms with van der Waals surface area (Å²) >= 11 is 0. The standard InChI is InChI=1S/C26H24N4O3Si/c31-21-8-6-15-19(9-10-27-25(15)30-21)32-13-5-7-18-16(11-13)22-23(24(22)33-18)26-28-12-17(29-26)14-3-1-2-4-20(14)34/h1-5,7,9,11-12,22-24,27H,6,8,10H2,34H3,(H,28,29)(H,30,31). The summed E-state index contributed by atoms with van der Waals surface area (Å²) in [5.74, 6) is 4.85. The molecule has 0 saturated heterocycles. The number of amides is 1. The quantitative estimate of drug-likeness (QED) is 0.508. The molecule has 7 nitrogen and oxygen atoms in total. The lowest BCUT2D eigenvalue weighted by molar-refractivity contribution is -0.120. The van der Waals surface area contributed by atoms with Gasteiger partial charge < -0.3 is 25.1 Å². The molecule has 2 aromatic carbocycles. The van der Waals surface area contributed by atoms with Crippen LogP contribution in [0, 0.1) is 0 Å². The molecule has 1 amide bonds. The smallest absolute Gasteiger partial charge is 0.225 e. The van der Waals surface area contributed by atoms with Crippen molar-refractivity contribution in [3.05, 3.63) is 83.3 Å². The molecule has 3 aromatic rings. The molecule has 3 atom stereocenters. The van der Waals surface area contributed by atoms with Gasteiger partial charge in [0.25, 0.3) is 0 Å². The van der Waals surface area contributed by atoms with Crippen LogP contribution in [0.5, 0.6) is 11.5 Å². The number of aromatic amines is 1. The molecule has 0 radical (unpaired) electrons. The molecule has 3 N–H and O–H groups in total. The van der Waals surface area contributed by atoms with E-state index in [-0.39, 0.29) is 23.8 Å². The van der Waals surface area contributed by atoms with Crippen LogP contribution in [0.3, 0.4) is 0 Å². The van der Waals surface area contributed by atoms with Crippen molar-refractivity contribution in [2.24, 2.45) is 0 Å². The number of nitrogens with zero attached hydrogens (tertiary/aromatic N) is 1. The van der Waals surface area contributed by atoms with Crippen LogP contribution >= 0.6 is 0 Å². The number of aromatic nitrogens is 2. The molecule has 3 aliphatic heterocycles. The zero-order valence-corrected chi connectivity index (χ0v) is 20.7. The Kier molecular flexibility index (Phi) is 4.26.